The molecule has 6 nitrogen and oxygen atoms in total. The maximum atomic E-state index is 12.6. The fourth-order valence-electron chi connectivity index (χ4n) is 3.38. The van der Waals surface area contributed by atoms with Crippen LogP contribution < -0.4 is 14.8 Å². The zero-order valence-electron chi connectivity index (χ0n) is 14.0. The zero-order valence-corrected chi connectivity index (χ0v) is 14.0. The summed E-state index contributed by atoms with van der Waals surface area (Å²) >= 11 is 0. The summed E-state index contributed by atoms with van der Waals surface area (Å²) in [4.78, 5) is 19.1. The number of piperidine rings is 1. The van der Waals surface area contributed by atoms with Gasteiger partial charge in [-0.15, -0.1) is 0 Å². The van der Waals surface area contributed by atoms with Crippen LogP contribution in [0.15, 0.2) is 42.7 Å². The number of amides is 1. The summed E-state index contributed by atoms with van der Waals surface area (Å²) in [5.74, 6) is 1.46. The van der Waals surface area contributed by atoms with Crippen LogP contribution in [0, 0.1) is 5.92 Å². The van der Waals surface area contributed by atoms with Crippen LogP contribution in [0.3, 0.4) is 0 Å². The lowest BCUT2D eigenvalue weighted by Crippen LogP contribution is -2.40. The number of nitrogens with one attached hydrogen (secondary N) is 1. The summed E-state index contributed by atoms with van der Waals surface area (Å²) in [6.07, 6.45) is 5.61. The van der Waals surface area contributed by atoms with E-state index in [0.29, 0.717) is 5.75 Å². The first-order valence-corrected chi connectivity index (χ1v) is 8.60. The van der Waals surface area contributed by atoms with E-state index >= 15 is 0 Å². The molecule has 1 N–H and O–H groups in total. The minimum atomic E-state index is -0.00385. The van der Waals surface area contributed by atoms with Crippen molar-refractivity contribution in [2.75, 3.05) is 25.2 Å². The van der Waals surface area contributed by atoms with Crippen LogP contribution in [0.5, 0.6) is 11.5 Å². The molecule has 0 radical (unpaired) electrons. The van der Waals surface area contributed by atoms with Gasteiger partial charge in [0.15, 0.2) is 11.5 Å². The normalized spacial score (nSPS) is 19.6. The summed E-state index contributed by atoms with van der Waals surface area (Å²) in [6.45, 7) is 2.86. The van der Waals surface area contributed by atoms with Crippen molar-refractivity contribution in [2.24, 2.45) is 5.92 Å². The third-order valence-electron chi connectivity index (χ3n) is 4.65. The van der Waals surface area contributed by atoms with E-state index in [1.165, 1.54) is 5.56 Å². The maximum Gasteiger partial charge on any atom is 0.231 e. The maximum absolute atomic E-state index is 12.6. The van der Waals surface area contributed by atoms with Gasteiger partial charge in [0.1, 0.15) is 0 Å². The first kappa shape index (κ1) is 15.9. The Kier molecular flexibility index (Phi) is 4.52. The number of fused-ring (bicyclic) bond motifs is 1. The van der Waals surface area contributed by atoms with Crippen molar-refractivity contribution in [1.29, 1.82) is 0 Å². The van der Waals surface area contributed by atoms with E-state index < -0.39 is 0 Å². The smallest absolute Gasteiger partial charge is 0.231 e. The molecule has 1 aromatic carbocycles. The molecule has 3 heterocycles. The molecule has 1 aromatic heterocycles. The number of carbonyl (C=O) groups excluding carboxylic acids is 1. The quantitative estimate of drug-likeness (QED) is 0.928. The van der Waals surface area contributed by atoms with Crippen molar-refractivity contribution in [3.05, 3.63) is 48.3 Å². The third kappa shape index (κ3) is 3.74. The van der Waals surface area contributed by atoms with Crippen LogP contribution in [0.2, 0.25) is 0 Å². The highest BCUT2D eigenvalue weighted by Crippen LogP contribution is 2.34. The Balaban J connectivity index is 1.36. The first-order chi connectivity index (χ1) is 12.3. The zero-order chi connectivity index (χ0) is 17.1. The number of nitrogens with zero attached hydrogens (tertiary/aromatic N) is 2. The van der Waals surface area contributed by atoms with Gasteiger partial charge < -0.3 is 14.8 Å². The number of anilines is 1. The topological polar surface area (TPSA) is 63.7 Å². The molecule has 1 fully saturated rings. The molecule has 130 valence electrons. The Hall–Kier alpha value is -2.60. The van der Waals surface area contributed by atoms with Gasteiger partial charge in [-0.05, 0) is 43.1 Å². The second kappa shape index (κ2) is 7.11. The van der Waals surface area contributed by atoms with Crippen LogP contribution >= 0.6 is 0 Å². The number of hydrogen-bond donors (Lipinski definition) is 1. The first-order valence-electron chi connectivity index (χ1n) is 8.60. The lowest BCUT2D eigenvalue weighted by atomic mass is 9.96. The number of likely N-dealkylation sites (tertiary alicyclic amines) is 1. The fourth-order valence-corrected chi connectivity index (χ4v) is 3.38. The molecular weight excluding hydrogens is 318 g/mol. The Labute approximate surface area is 146 Å². The average Bonchev–Trinajstić information content (AvgIpc) is 3.10. The van der Waals surface area contributed by atoms with Crippen LogP contribution in [0.1, 0.15) is 18.4 Å². The van der Waals surface area contributed by atoms with E-state index in [4.69, 9.17) is 9.47 Å². The number of hydrogen-bond acceptors (Lipinski definition) is 5. The van der Waals surface area contributed by atoms with Crippen LogP contribution in [0.25, 0.3) is 0 Å². The average molecular weight is 339 g/mol. The predicted molar refractivity (Wildman–Crippen MR) is 93.4 cm³/mol. The van der Waals surface area contributed by atoms with E-state index in [0.717, 1.165) is 43.9 Å². The lowest BCUT2D eigenvalue weighted by Gasteiger charge is -2.31. The van der Waals surface area contributed by atoms with Gasteiger partial charge in [0, 0.05) is 37.2 Å². The largest absolute Gasteiger partial charge is 0.454 e. The number of aromatic nitrogens is 1. The van der Waals surface area contributed by atoms with Gasteiger partial charge in [0.25, 0.3) is 0 Å². The molecule has 0 saturated carbocycles. The summed E-state index contributed by atoms with van der Waals surface area (Å²) in [5.41, 5.74) is 1.93. The molecule has 0 bridgehead atoms. The molecule has 1 atom stereocenters. The highest BCUT2D eigenvalue weighted by Gasteiger charge is 2.26. The van der Waals surface area contributed by atoms with E-state index in [9.17, 15) is 4.79 Å². The van der Waals surface area contributed by atoms with E-state index in [2.05, 4.69) is 21.3 Å². The minimum Gasteiger partial charge on any atom is -0.454 e. The van der Waals surface area contributed by atoms with Crippen LogP contribution in [-0.4, -0.2) is 35.7 Å². The molecule has 2 aliphatic rings. The van der Waals surface area contributed by atoms with Gasteiger partial charge in [-0.1, -0.05) is 6.07 Å². The molecule has 6 heteroatoms. The standard InChI is InChI=1S/C19H21N3O3/c23-19(21-16-5-6-17-18(9-16)25-13-24-17)15-4-2-8-22(12-15)11-14-3-1-7-20-10-14/h1,3,5-7,9-10,15H,2,4,8,11-13H2,(H,21,23)/t15-/m0/s1. The van der Waals surface area contributed by atoms with Crippen molar-refractivity contribution in [3.63, 3.8) is 0 Å². The number of pyridine rings is 1. The molecule has 0 unspecified atom stereocenters. The Morgan fingerprint density at radius 3 is 3.08 bits per heavy atom. The minimum absolute atomic E-state index is 0.00385. The third-order valence-corrected chi connectivity index (χ3v) is 4.65. The molecule has 0 aliphatic carbocycles. The monoisotopic (exact) mass is 339 g/mol. The molecule has 4 rings (SSSR count). The van der Waals surface area contributed by atoms with Crippen molar-refractivity contribution >= 4 is 11.6 Å². The van der Waals surface area contributed by atoms with Gasteiger partial charge in [-0.2, -0.15) is 0 Å². The Morgan fingerprint density at radius 1 is 1.28 bits per heavy atom. The fraction of sp³-hybridized carbons (Fsp3) is 0.368. The van der Waals surface area contributed by atoms with Crippen molar-refractivity contribution in [2.45, 2.75) is 19.4 Å². The molecule has 0 spiro atoms. The number of rotatable bonds is 4. The summed E-state index contributed by atoms with van der Waals surface area (Å²) in [7, 11) is 0. The summed E-state index contributed by atoms with van der Waals surface area (Å²) in [5, 5.41) is 3.01. The molecule has 25 heavy (non-hydrogen) atoms. The van der Waals surface area contributed by atoms with Crippen molar-refractivity contribution in [1.82, 2.24) is 9.88 Å². The summed E-state index contributed by atoms with van der Waals surface area (Å²) in [6, 6.07) is 9.51. The molecule has 1 saturated heterocycles. The van der Waals surface area contributed by atoms with Gasteiger partial charge in [0.2, 0.25) is 12.7 Å². The predicted octanol–water partition coefficient (Wildman–Crippen LogP) is 2.66. The van der Waals surface area contributed by atoms with Gasteiger partial charge in [-0.25, -0.2) is 0 Å². The highest BCUT2D eigenvalue weighted by molar-refractivity contribution is 5.93. The van der Waals surface area contributed by atoms with Gasteiger partial charge >= 0.3 is 0 Å². The summed E-state index contributed by atoms with van der Waals surface area (Å²) < 4.78 is 10.7. The molecular formula is C19H21N3O3. The van der Waals surface area contributed by atoms with Gasteiger partial charge in [0.05, 0.1) is 5.92 Å². The number of benzene rings is 1. The SMILES string of the molecule is O=C(Nc1ccc2c(c1)OCO2)[C@H]1CCCN(Cc2cccnc2)C1. The second-order valence-electron chi connectivity index (χ2n) is 6.49. The highest BCUT2D eigenvalue weighted by atomic mass is 16.7. The van der Waals surface area contributed by atoms with Crippen molar-refractivity contribution < 1.29 is 14.3 Å². The van der Waals surface area contributed by atoms with E-state index in [1.54, 1.807) is 6.20 Å². The Bertz CT molecular complexity index is 751. The lowest BCUT2D eigenvalue weighted by molar-refractivity contribution is -0.121. The van der Waals surface area contributed by atoms with Crippen LogP contribution in [-0.2, 0) is 11.3 Å². The second-order valence-corrected chi connectivity index (χ2v) is 6.49. The van der Waals surface area contributed by atoms with E-state index in [1.807, 2.05) is 30.5 Å². The number of carbonyl (C=O) groups is 1. The molecule has 2 aromatic rings. The molecule has 1 amide bonds. The van der Waals surface area contributed by atoms with Crippen LogP contribution in [0.4, 0.5) is 5.69 Å². The van der Waals surface area contributed by atoms with Gasteiger partial charge in [-0.3, -0.25) is 14.7 Å². The number of ether oxygens (including phenoxy) is 2. The van der Waals surface area contributed by atoms with Crippen molar-refractivity contribution in [3.8, 4) is 11.5 Å². The molecule has 2 aliphatic heterocycles. The van der Waals surface area contributed by atoms with E-state index in [-0.39, 0.29) is 18.6 Å². The Morgan fingerprint density at radius 2 is 2.20 bits per heavy atom.